The summed E-state index contributed by atoms with van der Waals surface area (Å²) in [5.41, 5.74) is 2.61. The van der Waals surface area contributed by atoms with Gasteiger partial charge in [0.05, 0.1) is 12.2 Å². The second-order valence-corrected chi connectivity index (χ2v) is 8.59. The van der Waals surface area contributed by atoms with Crippen LogP contribution in [0.4, 0.5) is 4.39 Å². The third kappa shape index (κ3) is 8.13. The van der Waals surface area contributed by atoms with Gasteiger partial charge in [0, 0.05) is 49.4 Å². The van der Waals surface area contributed by atoms with Crippen molar-refractivity contribution in [1.82, 2.24) is 15.1 Å². The van der Waals surface area contributed by atoms with E-state index in [0.29, 0.717) is 38.3 Å². The number of carbonyl (C=O) groups excluding carboxylic acids is 2. The summed E-state index contributed by atoms with van der Waals surface area (Å²) in [6, 6.07) is 7.83. The number of nitrogens with zero attached hydrogens (tertiary/aromatic N) is 2. The molecule has 0 aromatic heterocycles. The number of Topliss-reactive ketones (excluding diaryl/α,β-unsaturated/α-hetero) is 1. The van der Waals surface area contributed by atoms with E-state index in [1.165, 1.54) is 11.6 Å². The normalized spacial score (nSPS) is 21.2. The molecule has 180 valence electrons. The Balaban J connectivity index is 0.000000357. The van der Waals surface area contributed by atoms with Gasteiger partial charge in [0.15, 0.2) is 5.78 Å². The van der Waals surface area contributed by atoms with Gasteiger partial charge in [-0.25, -0.2) is 4.39 Å². The van der Waals surface area contributed by atoms with Crippen LogP contribution in [0.1, 0.15) is 39.2 Å². The minimum absolute atomic E-state index is 0.00533. The Kier molecular flexibility index (Phi) is 10.8. The number of alkyl halides is 1. The smallest absolute Gasteiger partial charge is 0.246 e. The molecule has 2 saturated heterocycles. The van der Waals surface area contributed by atoms with E-state index in [9.17, 15) is 14.0 Å². The van der Waals surface area contributed by atoms with Crippen molar-refractivity contribution in [2.75, 3.05) is 26.2 Å². The zero-order valence-electron chi connectivity index (χ0n) is 19.8. The Morgan fingerprint density at radius 2 is 2.00 bits per heavy atom. The van der Waals surface area contributed by atoms with Crippen LogP contribution in [0.3, 0.4) is 0 Å². The van der Waals surface area contributed by atoms with Gasteiger partial charge >= 0.3 is 0 Å². The lowest BCUT2D eigenvalue weighted by molar-refractivity contribution is -0.126. The maximum Gasteiger partial charge on any atom is 0.246 e. The number of hydrogen-bond acceptors (Lipinski definition) is 4. The van der Waals surface area contributed by atoms with Crippen molar-refractivity contribution in [3.8, 4) is 0 Å². The van der Waals surface area contributed by atoms with Crippen LogP contribution in [0.2, 0.25) is 5.02 Å². The number of allylic oxidation sites excluding steroid dienone is 2. The minimum atomic E-state index is -0.839. The molecule has 0 bridgehead atoms. The molecule has 1 N–H and O–H groups in total. The molecular weight excluding hydrogens is 441 g/mol. The van der Waals surface area contributed by atoms with Crippen LogP contribution in [0.15, 0.2) is 60.5 Å². The second kappa shape index (κ2) is 13.3. The van der Waals surface area contributed by atoms with E-state index in [1.807, 2.05) is 42.2 Å². The fraction of sp³-hybridized carbons (Fsp3) is 0.462. The molecule has 2 atom stereocenters. The summed E-state index contributed by atoms with van der Waals surface area (Å²) in [6.07, 6.45) is 6.49. The van der Waals surface area contributed by atoms with Crippen molar-refractivity contribution in [2.45, 2.75) is 52.2 Å². The minimum Gasteiger partial charge on any atom is -0.340 e. The Morgan fingerprint density at radius 1 is 1.27 bits per heavy atom. The number of piperazine rings is 1. The highest BCUT2D eigenvalue weighted by Gasteiger charge is 2.26. The summed E-state index contributed by atoms with van der Waals surface area (Å²) in [4.78, 5) is 27.7. The number of amides is 1. The zero-order chi connectivity index (χ0) is 24.4. The van der Waals surface area contributed by atoms with Crippen molar-refractivity contribution in [2.24, 2.45) is 0 Å². The molecule has 0 saturated carbocycles. The Hall–Kier alpha value is -2.44. The highest BCUT2D eigenvalue weighted by molar-refractivity contribution is 6.31. The summed E-state index contributed by atoms with van der Waals surface area (Å²) >= 11 is 5.82. The molecule has 0 aliphatic carbocycles. The molecule has 0 radical (unpaired) electrons. The summed E-state index contributed by atoms with van der Waals surface area (Å²) in [5.74, 6) is -0.102. The van der Waals surface area contributed by atoms with Crippen LogP contribution < -0.4 is 5.32 Å². The molecule has 2 unspecified atom stereocenters. The van der Waals surface area contributed by atoms with Crippen molar-refractivity contribution < 1.29 is 14.0 Å². The fourth-order valence-corrected chi connectivity index (χ4v) is 4.11. The molecule has 3 rings (SSSR count). The number of nitrogens with one attached hydrogen (secondary N) is 1. The van der Waals surface area contributed by atoms with E-state index in [-0.39, 0.29) is 17.7 Å². The molecule has 2 fully saturated rings. The molecule has 2 aliphatic heterocycles. The van der Waals surface area contributed by atoms with Gasteiger partial charge in [-0.2, -0.15) is 0 Å². The lowest BCUT2D eigenvalue weighted by Gasteiger charge is -2.38. The molecule has 1 aromatic carbocycles. The summed E-state index contributed by atoms with van der Waals surface area (Å²) in [5, 5.41) is 3.89. The molecule has 1 amide bonds. The van der Waals surface area contributed by atoms with Gasteiger partial charge < -0.3 is 15.1 Å². The standard InChI is InChI=1S/C18H26FN3O2.C8H9Cl/c1-4-5-17(14(3)23)22-9-8-21(12-13(22)2)18(24)7-6-16-10-15(19)11-20-16;1-2-7-5-3-4-6-8(7)9/h5-7,15-16,20H,2,4,8-12H2,1,3H3;3-6H,2H2,1H3/b7-6+,17-5-;. The van der Waals surface area contributed by atoms with Crippen LogP contribution in [0.25, 0.3) is 0 Å². The summed E-state index contributed by atoms with van der Waals surface area (Å²) in [7, 11) is 0. The predicted octanol–water partition coefficient (Wildman–Crippen LogP) is 4.69. The largest absolute Gasteiger partial charge is 0.340 e. The number of benzene rings is 1. The quantitative estimate of drug-likeness (QED) is 0.606. The van der Waals surface area contributed by atoms with Gasteiger partial charge in [-0.05, 0) is 30.9 Å². The number of halogens is 2. The average Bonchev–Trinajstić information content (AvgIpc) is 3.22. The van der Waals surface area contributed by atoms with E-state index >= 15 is 0 Å². The number of hydrogen-bond donors (Lipinski definition) is 1. The maximum atomic E-state index is 13.1. The van der Waals surface area contributed by atoms with Crippen molar-refractivity contribution in [3.63, 3.8) is 0 Å². The van der Waals surface area contributed by atoms with Gasteiger partial charge in [-0.1, -0.05) is 62.4 Å². The van der Waals surface area contributed by atoms with Crippen LogP contribution in [-0.2, 0) is 16.0 Å². The van der Waals surface area contributed by atoms with Gasteiger partial charge in [-0.15, -0.1) is 0 Å². The van der Waals surface area contributed by atoms with Crippen LogP contribution in [0.5, 0.6) is 0 Å². The van der Waals surface area contributed by atoms with Crippen molar-refractivity contribution >= 4 is 23.3 Å². The third-order valence-electron chi connectivity index (χ3n) is 5.63. The number of carbonyl (C=O) groups is 2. The van der Waals surface area contributed by atoms with E-state index in [2.05, 4.69) is 18.8 Å². The SMILES string of the molecule is C=C1CN(C(=O)/C=C/C2CC(F)CN2)CCN1/C(=C\CC)C(C)=O.CCc1ccccc1Cl. The zero-order valence-corrected chi connectivity index (χ0v) is 20.6. The summed E-state index contributed by atoms with van der Waals surface area (Å²) in [6.45, 7) is 11.5. The molecule has 1 aromatic rings. The number of aryl methyl sites for hydroxylation is 1. The average molecular weight is 476 g/mol. The molecule has 7 heteroatoms. The van der Waals surface area contributed by atoms with Gasteiger partial charge in [-0.3, -0.25) is 9.59 Å². The molecular formula is C26H35ClFN3O2. The van der Waals surface area contributed by atoms with Crippen molar-refractivity contribution in [3.05, 3.63) is 71.1 Å². The lowest BCUT2D eigenvalue weighted by Crippen LogP contribution is -2.46. The van der Waals surface area contributed by atoms with Crippen LogP contribution in [-0.4, -0.2) is 59.9 Å². The molecule has 2 heterocycles. The Labute approximate surface area is 202 Å². The fourth-order valence-electron chi connectivity index (χ4n) is 3.84. The topological polar surface area (TPSA) is 52.7 Å². The maximum absolute atomic E-state index is 13.1. The van der Waals surface area contributed by atoms with Gasteiger partial charge in [0.2, 0.25) is 5.91 Å². The Morgan fingerprint density at radius 3 is 2.52 bits per heavy atom. The van der Waals surface area contributed by atoms with Crippen molar-refractivity contribution in [1.29, 1.82) is 0 Å². The van der Waals surface area contributed by atoms with Gasteiger partial charge in [0.25, 0.3) is 0 Å². The van der Waals surface area contributed by atoms with E-state index in [0.717, 1.165) is 23.6 Å². The molecule has 2 aliphatic rings. The van der Waals surface area contributed by atoms with E-state index < -0.39 is 6.17 Å². The first kappa shape index (κ1) is 26.8. The number of ketones is 1. The van der Waals surface area contributed by atoms with E-state index in [4.69, 9.17) is 11.6 Å². The third-order valence-corrected chi connectivity index (χ3v) is 6.00. The first-order valence-electron chi connectivity index (χ1n) is 11.5. The lowest BCUT2D eigenvalue weighted by atomic mass is 10.1. The highest BCUT2D eigenvalue weighted by atomic mass is 35.5. The second-order valence-electron chi connectivity index (χ2n) is 8.18. The first-order chi connectivity index (χ1) is 15.8. The molecule has 5 nitrogen and oxygen atoms in total. The molecule has 33 heavy (non-hydrogen) atoms. The van der Waals surface area contributed by atoms with Gasteiger partial charge in [0.1, 0.15) is 6.17 Å². The van der Waals surface area contributed by atoms with Crippen LogP contribution in [0, 0.1) is 0 Å². The molecule has 0 spiro atoms. The number of rotatable bonds is 6. The van der Waals surface area contributed by atoms with Crippen LogP contribution >= 0.6 is 11.6 Å². The monoisotopic (exact) mass is 475 g/mol. The highest BCUT2D eigenvalue weighted by Crippen LogP contribution is 2.20. The first-order valence-corrected chi connectivity index (χ1v) is 11.9. The van der Waals surface area contributed by atoms with E-state index in [1.54, 1.807) is 17.9 Å². The predicted molar refractivity (Wildman–Crippen MR) is 133 cm³/mol. The Bertz CT molecular complexity index is 899. The summed E-state index contributed by atoms with van der Waals surface area (Å²) < 4.78 is 13.1.